The van der Waals surface area contributed by atoms with Crippen molar-refractivity contribution >= 4 is 16.7 Å². The lowest BCUT2D eigenvalue weighted by Crippen LogP contribution is -2.16. The molecule has 0 bridgehead atoms. The molecule has 0 amide bonds. The summed E-state index contributed by atoms with van der Waals surface area (Å²) in [7, 11) is 0. The summed E-state index contributed by atoms with van der Waals surface area (Å²) in [4.78, 5) is 4.73. The molecule has 1 aliphatic rings. The maximum absolute atomic E-state index is 4.73. The van der Waals surface area contributed by atoms with Crippen LogP contribution in [0.1, 0.15) is 31.2 Å². The molecule has 1 aromatic carbocycles. The maximum atomic E-state index is 4.73. The van der Waals surface area contributed by atoms with E-state index < -0.39 is 0 Å². The van der Waals surface area contributed by atoms with Gasteiger partial charge in [-0.1, -0.05) is 31.0 Å². The minimum absolute atomic E-state index is 0.627. The topological polar surface area (TPSA) is 24.9 Å². The summed E-state index contributed by atoms with van der Waals surface area (Å²) in [6, 6.07) is 11.2. The normalized spacial score (nSPS) is 16.5. The van der Waals surface area contributed by atoms with Crippen molar-refractivity contribution in [1.29, 1.82) is 0 Å². The number of nitrogens with one attached hydrogen (secondary N) is 1. The number of aromatic nitrogens is 1. The Morgan fingerprint density at radius 2 is 1.94 bits per heavy atom. The number of pyridine rings is 1. The van der Waals surface area contributed by atoms with Crippen LogP contribution >= 0.6 is 0 Å². The third-order valence-corrected chi connectivity index (χ3v) is 3.61. The van der Waals surface area contributed by atoms with Crippen molar-refractivity contribution in [1.82, 2.24) is 4.98 Å². The number of hydrogen-bond donors (Lipinski definition) is 1. The largest absolute Gasteiger partial charge is 0.367 e. The van der Waals surface area contributed by atoms with Crippen LogP contribution in [0.25, 0.3) is 10.9 Å². The molecule has 0 radical (unpaired) electrons. The van der Waals surface area contributed by atoms with Crippen molar-refractivity contribution in [2.75, 3.05) is 5.32 Å². The molecule has 1 fully saturated rings. The van der Waals surface area contributed by atoms with Gasteiger partial charge in [0.15, 0.2) is 0 Å². The summed E-state index contributed by atoms with van der Waals surface area (Å²) in [5.74, 6) is 1.07. The Balaban J connectivity index is 1.95. The number of rotatable bonds is 2. The first kappa shape index (κ1) is 10.6. The SMILES string of the molecule is Cc1cc2ccccc2nc1NC1CCCC1. The molecule has 1 N–H and O–H groups in total. The number of nitrogens with zero attached hydrogens (tertiary/aromatic N) is 1. The van der Waals surface area contributed by atoms with E-state index in [1.165, 1.54) is 36.6 Å². The maximum Gasteiger partial charge on any atom is 0.129 e. The van der Waals surface area contributed by atoms with Crippen molar-refractivity contribution in [3.63, 3.8) is 0 Å². The first-order valence-corrected chi connectivity index (χ1v) is 6.46. The average molecular weight is 226 g/mol. The van der Waals surface area contributed by atoms with Gasteiger partial charge in [-0.3, -0.25) is 0 Å². The van der Waals surface area contributed by atoms with Gasteiger partial charge in [-0.25, -0.2) is 4.98 Å². The zero-order chi connectivity index (χ0) is 11.7. The molecular formula is C15H18N2. The molecule has 1 aromatic heterocycles. The predicted octanol–water partition coefficient (Wildman–Crippen LogP) is 3.90. The number of benzene rings is 1. The quantitative estimate of drug-likeness (QED) is 0.840. The summed E-state index contributed by atoms with van der Waals surface area (Å²) in [6.45, 7) is 2.14. The molecule has 1 heterocycles. The van der Waals surface area contributed by atoms with Crippen LogP contribution in [0.5, 0.6) is 0 Å². The standard InChI is InChI=1S/C15H18N2/c1-11-10-12-6-2-5-9-14(12)17-15(11)16-13-7-3-4-8-13/h2,5-6,9-10,13H,3-4,7-8H2,1H3,(H,16,17). The van der Waals surface area contributed by atoms with Crippen molar-refractivity contribution in [3.8, 4) is 0 Å². The van der Waals surface area contributed by atoms with Gasteiger partial charge in [0.2, 0.25) is 0 Å². The van der Waals surface area contributed by atoms with E-state index in [9.17, 15) is 0 Å². The van der Waals surface area contributed by atoms with Crippen LogP contribution in [-0.2, 0) is 0 Å². The van der Waals surface area contributed by atoms with Crippen molar-refractivity contribution < 1.29 is 0 Å². The van der Waals surface area contributed by atoms with Crippen LogP contribution in [0.2, 0.25) is 0 Å². The smallest absolute Gasteiger partial charge is 0.129 e. The molecule has 2 nitrogen and oxygen atoms in total. The monoisotopic (exact) mass is 226 g/mol. The Morgan fingerprint density at radius 1 is 1.18 bits per heavy atom. The summed E-state index contributed by atoms with van der Waals surface area (Å²) >= 11 is 0. The fourth-order valence-corrected chi connectivity index (χ4v) is 2.63. The van der Waals surface area contributed by atoms with E-state index in [1.54, 1.807) is 0 Å². The van der Waals surface area contributed by atoms with Crippen LogP contribution in [-0.4, -0.2) is 11.0 Å². The summed E-state index contributed by atoms with van der Waals surface area (Å²) in [5, 5.41) is 4.81. The predicted molar refractivity (Wildman–Crippen MR) is 72.4 cm³/mol. The highest BCUT2D eigenvalue weighted by atomic mass is 15.0. The van der Waals surface area contributed by atoms with Crippen LogP contribution in [0.15, 0.2) is 30.3 Å². The third-order valence-electron chi connectivity index (χ3n) is 3.61. The lowest BCUT2D eigenvalue weighted by Gasteiger charge is -2.15. The van der Waals surface area contributed by atoms with Gasteiger partial charge < -0.3 is 5.32 Å². The molecule has 0 saturated heterocycles. The minimum Gasteiger partial charge on any atom is -0.367 e. The molecule has 0 atom stereocenters. The van der Waals surface area contributed by atoms with Crippen molar-refractivity contribution in [2.24, 2.45) is 0 Å². The fourth-order valence-electron chi connectivity index (χ4n) is 2.63. The van der Waals surface area contributed by atoms with Crippen molar-refractivity contribution in [3.05, 3.63) is 35.9 Å². The van der Waals surface area contributed by atoms with E-state index in [1.807, 2.05) is 6.07 Å². The lowest BCUT2D eigenvalue weighted by atomic mass is 10.1. The van der Waals surface area contributed by atoms with E-state index in [0.29, 0.717) is 6.04 Å². The highest BCUT2D eigenvalue weighted by Gasteiger charge is 2.16. The van der Waals surface area contributed by atoms with E-state index in [-0.39, 0.29) is 0 Å². The molecule has 3 rings (SSSR count). The molecule has 2 aromatic rings. The molecule has 0 spiro atoms. The van der Waals surface area contributed by atoms with E-state index in [0.717, 1.165) is 11.3 Å². The molecule has 0 unspecified atom stereocenters. The highest BCUT2D eigenvalue weighted by molar-refractivity contribution is 5.81. The number of fused-ring (bicyclic) bond motifs is 1. The van der Waals surface area contributed by atoms with Gasteiger partial charge in [0.25, 0.3) is 0 Å². The molecular weight excluding hydrogens is 208 g/mol. The minimum atomic E-state index is 0.627. The van der Waals surface area contributed by atoms with Gasteiger partial charge in [-0.2, -0.15) is 0 Å². The van der Waals surface area contributed by atoms with Crippen LogP contribution in [0.4, 0.5) is 5.82 Å². The van der Waals surface area contributed by atoms with Crippen LogP contribution < -0.4 is 5.32 Å². The summed E-state index contributed by atoms with van der Waals surface area (Å²) < 4.78 is 0. The average Bonchev–Trinajstić information content (AvgIpc) is 2.83. The summed E-state index contributed by atoms with van der Waals surface area (Å²) in [5.41, 5.74) is 2.33. The number of para-hydroxylation sites is 1. The Bertz CT molecular complexity index is 527. The lowest BCUT2D eigenvalue weighted by molar-refractivity contribution is 0.750. The Kier molecular flexibility index (Phi) is 2.71. The summed E-state index contributed by atoms with van der Waals surface area (Å²) in [6.07, 6.45) is 5.27. The highest BCUT2D eigenvalue weighted by Crippen LogP contribution is 2.25. The number of aryl methyl sites for hydroxylation is 1. The Labute approximate surface area is 102 Å². The number of anilines is 1. The molecule has 1 aliphatic carbocycles. The first-order chi connectivity index (χ1) is 8.33. The van der Waals surface area contributed by atoms with Gasteiger partial charge in [0.1, 0.15) is 5.82 Å². The molecule has 88 valence electrons. The second-order valence-corrected chi connectivity index (χ2v) is 4.97. The third kappa shape index (κ3) is 2.12. The molecule has 17 heavy (non-hydrogen) atoms. The van der Waals surface area contributed by atoms with E-state index in [4.69, 9.17) is 4.98 Å². The van der Waals surface area contributed by atoms with Gasteiger partial charge in [0.05, 0.1) is 5.52 Å². The van der Waals surface area contributed by atoms with Gasteiger partial charge in [-0.05, 0) is 37.5 Å². The molecule has 1 saturated carbocycles. The van der Waals surface area contributed by atoms with Crippen molar-refractivity contribution in [2.45, 2.75) is 38.6 Å². The second-order valence-electron chi connectivity index (χ2n) is 4.97. The molecule has 2 heteroatoms. The zero-order valence-electron chi connectivity index (χ0n) is 10.2. The Morgan fingerprint density at radius 3 is 2.76 bits per heavy atom. The van der Waals surface area contributed by atoms with Gasteiger partial charge in [-0.15, -0.1) is 0 Å². The Hall–Kier alpha value is -1.57. The molecule has 0 aliphatic heterocycles. The van der Waals surface area contributed by atoms with E-state index >= 15 is 0 Å². The zero-order valence-corrected chi connectivity index (χ0v) is 10.2. The van der Waals surface area contributed by atoms with Gasteiger partial charge >= 0.3 is 0 Å². The number of hydrogen-bond acceptors (Lipinski definition) is 2. The van der Waals surface area contributed by atoms with Crippen LogP contribution in [0.3, 0.4) is 0 Å². The van der Waals surface area contributed by atoms with Crippen LogP contribution in [0, 0.1) is 6.92 Å². The van der Waals surface area contributed by atoms with Gasteiger partial charge in [0, 0.05) is 11.4 Å². The second kappa shape index (κ2) is 4.36. The van der Waals surface area contributed by atoms with E-state index in [2.05, 4.69) is 36.5 Å². The first-order valence-electron chi connectivity index (χ1n) is 6.46. The fraction of sp³-hybridized carbons (Fsp3) is 0.400.